The molecule has 0 saturated heterocycles. The van der Waals surface area contributed by atoms with Crippen LogP contribution in [0.1, 0.15) is 45.5 Å². The van der Waals surface area contributed by atoms with Crippen molar-refractivity contribution in [3.05, 3.63) is 106 Å². The molecule has 3 amide bonds. The van der Waals surface area contributed by atoms with Gasteiger partial charge in [0.05, 0.1) is 17.6 Å². The van der Waals surface area contributed by atoms with Gasteiger partial charge in [-0.25, -0.2) is 0 Å². The number of anilines is 2. The first-order valence-corrected chi connectivity index (χ1v) is 15.2. The number of furan rings is 1. The summed E-state index contributed by atoms with van der Waals surface area (Å²) in [6.07, 6.45) is 5.79. The Bertz CT molecular complexity index is 1670. The van der Waals surface area contributed by atoms with Crippen molar-refractivity contribution < 1.29 is 18.8 Å². The highest BCUT2D eigenvalue weighted by Gasteiger charge is 2.24. The first kappa shape index (κ1) is 28.9. The van der Waals surface area contributed by atoms with E-state index in [2.05, 4.69) is 28.9 Å². The zero-order valence-corrected chi connectivity index (χ0v) is 24.4. The molecule has 5 rings (SSSR count). The molecule has 3 N–H and O–H groups in total. The number of hydrogen-bond donors (Lipinski definition) is 3. The average Bonchev–Trinajstić information content (AvgIpc) is 3.63. The van der Waals surface area contributed by atoms with E-state index in [1.807, 2.05) is 6.07 Å². The fourth-order valence-corrected chi connectivity index (χ4v) is 6.72. The van der Waals surface area contributed by atoms with Crippen molar-refractivity contribution >= 4 is 57.6 Å². The Balaban J connectivity index is 1.23. The van der Waals surface area contributed by atoms with Crippen LogP contribution in [0.2, 0.25) is 0 Å². The number of carbonyl (C=O) groups is 3. The van der Waals surface area contributed by atoms with Crippen LogP contribution < -0.4 is 16.0 Å². The quantitative estimate of drug-likeness (QED) is 0.150. The van der Waals surface area contributed by atoms with Crippen LogP contribution in [0.5, 0.6) is 0 Å². The summed E-state index contributed by atoms with van der Waals surface area (Å²) >= 11 is 2.82. The number of thioether (sulfide) groups is 1. The molecule has 0 fully saturated rings. The number of thiophene rings is 1. The van der Waals surface area contributed by atoms with E-state index in [-0.39, 0.29) is 17.4 Å². The molecule has 0 radical (unpaired) electrons. The van der Waals surface area contributed by atoms with Gasteiger partial charge >= 0.3 is 0 Å². The second-order valence-electron chi connectivity index (χ2n) is 9.88. The third-order valence-corrected chi connectivity index (χ3v) is 8.86. The molecule has 0 saturated carbocycles. The van der Waals surface area contributed by atoms with Crippen molar-refractivity contribution in [3.63, 3.8) is 0 Å². The summed E-state index contributed by atoms with van der Waals surface area (Å²) in [5, 5.41) is 18.7. The molecule has 1 aliphatic rings. The van der Waals surface area contributed by atoms with Crippen LogP contribution in [-0.2, 0) is 22.4 Å². The monoisotopic (exact) mass is 596 g/mol. The third-order valence-electron chi connectivity index (χ3n) is 6.70. The first-order chi connectivity index (χ1) is 20.4. The van der Waals surface area contributed by atoms with Gasteiger partial charge in [0.15, 0.2) is 0 Å². The number of hydrogen-bond acceptors (Lipinski definition) is 7. The lowest BCUT2D eigenvalue weighted by atomic mass is 9.89. The number of amides is 3. The number of nitrogens with zero attached hydrogens (tertiary/aromatic N) is 1. The number of rotatable bonds is 9. The molecular weight excluding hydrogens is 569 g/mol. The largest absolute Gasteiger partial charge is 0.465 e. The molecule has 2 aromatic heterocycles. The molecular formula is C32H28N4O4S2. The lowest BCUT2D eigenvalue weighted by Crippen LogP contribution is -2.30. The number of carbonyl (C=O) groups excluding carboxylic acids is 3. The minimum atomic E-state index is -0.532. The standard InChI is InChI=1S/C32H28N4O4S2/c1-20-12-13-25-26(18-33)32(42-28(25)15-20)36-29(37)19-41-24-11-5-9-22(16-24)34-31(39)27(17-23-10-6-14-40-23)35-30(38)21-7-3-2-4-8-21/h2-11,14,16-17,20H,12-13,15,19H2,1H3,(H,34,39)(H,35,38)(H,36,37)/b27-17-. The molecule has 2 heterocycles. The molecule has 1 unspecified atom stereocenters. The van der Waals surface area contributed by atoms with Gasteiger partial charge in [-0.1, -0.05) is 31.2 Å². The highest BCUT2D eigenvalue weighted by Crippen LogP contribution is 2.39. The van der Waals surface area contributed by atoms with E-state index in [9.17, 15) is 19.6 Å². The van der Waals surface area contributed by atoms with Crippen LogP contribution in [0.3, 0.4) is 0 Å². The molecule has 1 atom stereocenters. The van der Waals surface area contributed by atoms with Gasteiger partial charge in [-0.2, -0.15) is 5.26 Å². The van der Waals surface area contributed by atoms with Crippen molar-refractivity contribution in [1.82, 2.24) is 5.32 Å². The second kappa shape index (κ2) is 13.4. The molecule has 0 bridgehead atoms. The average molecular weight is 597 g/mol. The van der Waals surface area contributed by atoms with Gasteiger partial charge in [0.1, 0.15) is 22.5 Å². The zero-order valence-electron chi connectivity index (χ0n) is 22.8. The van der Waals surface area contributed by atoms with E-state index in [0.717, 1.165) is 29.7 Å². The first-order valence-electron chi connectivity index (χ1n) is 13.4. The van der Waals surface area contributed by atoms with E-state index in [0.29, 0.717) is 33.5 Å². The second-order valence-corrected chi connectivity index (χ2v) is 12.0. The fraction of sp³-hybridized carbons (Fsp3) is 0.188. The molecule has 212 valence electrons. The molecule has 0 spiro atoms. The number of nitrogens with one attached hydrogen (secondary N) is 3. The summed E-state index contributed by atoms with van der Waals surface area (Å²) in [6.45, 7) is 2.21. The molecule has 42 heavy (non-hydrogen) atoms. The molecule has 4 aromatic rings. The minimum absolute atomic E-state index is 0.0116. The SMILES string of the molecule is CC1CCc2c(sc(NC(=O)CSc3cccc(NC(=O)/C(=C/c4ccco4)NC(=O)c4ccccc4)c3)c2C#N)C1. The van der Waals surface area contributed by atoms with E-state index in [1.165, 1.54) is 40.3 Å². The number of fused-ring (bicyclic) bond motifs is 1. The lowest BCUT2D eigenvalue weighted by Gasteiger charge is -2.17. The topological polar surface area (TPSA) is 124 Å². The van der Waals surface area contributed by atoms with Crippen LogP contribution in [-0.4, -0.2) is 23.5 Å². The van der Waals surface area contributed by atoms with Crippen LogP contribution in [0.25, 0.3) is 6.08 Å². The highest BCUT2D eigenvalue weighted by molar-refractivity contribution is 8.00. The molecule has 2 aromatic carbocycles. The summed E-state index contributed by atoms with van der Waals surface area (Å²) in [6, 6.07) is 21.3. The molecule has 1 aliphatic carbocycles. The van der Waals surface area contributed by atoms with Crippen LogP contribution >= 0.6 is 23.1 Å². The lowest BCUT2D eigenvalue weighted by molar-refractivity contribution is -0.114. The predicted molar refractivity (Wildman–Crippen MR) is 165 cm³/mol. The maximum Gasteiger partial charge on any atom is 0.272 e. The normalized spacial score (nSPS) is 14.4. The number of benzene rings is 2. The highest BCUT2D eigenvalue weighted by atomic mass is 32.2. The Morgan fingerprint density at radius 3 is 2.69 bits per heavy atom. The molecule has 10 heteroatoms. The predicted octanol–water partition coefficient (Wildman–Crippen LogP) is 6.48. The summed E-state index contributed by atoms with van der Waals surface area (Å²) in [7, 11) is 0. The van der Waals surface area contributed by atoms with Gasteiger partial charge in [0, 0.05) is 27.1 Å². The maximum absolute atomic E-state index is 13.2. The Morgan fingerprint density at radius 1 is 1.10 bits per heavy atom. The van der Waals surface area contributed by atoms with Gasteiger partial charge in [-0.15, -0.1) is 23.1 Å². The Labute approximate surface area is 251 Å². The van der Waals surface area contributed by atoms with Crippen molar-refractivity contribution in [3.8, 4) is 6.07 Å². The molecule has 0 aliphatic heterocycles. The molecule has 8 nitrogen and oxygen atoms in total. The van der Waals surface area contributed by atoms with Crippen LogP contribution in [0.15, 0.2) is 88.0 Å². The van der Waals surface area contributed by atoms with Crippen molar-refractivity contribution in [2.45, 2.75) is 31.1 Å². The van der Waals surface area contributed by atoms with Crippen LogP contribution in [0.4, 0.5) is 10.7 Å². The van der Waals surface area contributed by atoms with Crippen molar-refractivity contribution in [1.29, 1.82) is 5.26 Å². The van der Waals surface area contributed by atoms with Gasteiger partial charge in [0.25, 0.3) is 11.8 Å². The summed E-state index contributed by atoms with van der Waals surface area (Å²) in [4.78, 5) is 40.7. The third kappa shape index (κ3) is 7.18. The van der Waals surface area contributed by atoms with Crippen LogP contribution in [0, 0.1) is 17.2 Å². The van der Waals surface area contributed by atoms with Crippen molar-refractivity contribution in [2.24, 2.45) is 5.92 Å². The Kier molecular flexibility index (Phi) is 9.21. The zero-order chi connectivity index (χ0) is 29.5. The van der Waals surface area contributed by atoms with Gasteiger partial charge in [-0.05, 0) is 73.2 Å². The summed E-state index contributed by atoms with van der Waals surface area (Å²) < 4.78 is 5.34. The fourth-order valence-electron chi connectivity index (χ4n) is 4.59. The van der Waals surface area contributed by atoms with Gasteiger partial charge < -0.3 is 20.4 Å². The smallest absolute Gasteiger partial charge is 0.272 e. The van der Waals surface area contributed by atoms with Gasteiger partial charge in [0.2, 0.25) is 5.91 Å². The number of nitriles is 1. The summed E-state index contributed by atoms with van der Waals surface area (Å²) in [5.41, 5.74) is 2.58. The van der Waals surface area contributed by atoms with Crippen molar-refractivity contribution in [2.75, 3.05) is 16.4 Å². The van der Waals surface area contributed by atoms with E-state index in [1.54, 1.807) is 60.7 Å². The van der Waals surface area contributed by atoms with E-state index >= 15 is 0 Å². The van der Waals surface area contributed by atoms with Gasteiger partial charge in [-0.3, -0.25) is 14.4 Å². The minimum Gasteiger partial charge on any atom is -0.465 e. The maximum atomic E-state index is 13.2. The Hall–Kier alpha value is -4.59. The van der Waals surface area contributed by atoms with E-state index in [4.69, 9.17) is 4.42 Å². The Morgan fingerprint density at radius 2 is 1.93 bits per heavy atom. The summed E-state index contributed by atoms with van der Waals surface area (Å²) in [5.74, 6) is -0.0474. The van der Waals surface area contributed by atoms with E-state index < -0.39 is 11.8 Å².